The van der Waals surface area contributed by atoms with Crippen LogP contribution in [0.2, 0.25) is 5.02 Å². The Bertz CT molecular complexity index is 577. The molecule has 0 atom stereocenters. The van der Waals surface area contributed by atoms with Gasteiger partial charge in [0.1, 0.15) is 0 Å². The summed E-state index contributed by atoms with van der Waals surface area (Å²) in [5.74, 6) is 0. The Morgan fingerprint density at radius 1 is 1.37 bits per heavy atom. The van der Waals surface area contributed by atoms with E-state index in [1.807, 2.05) is 18.2 Å². The zero-order chi connectivity index (χ0) is 13.7. The molecular weight excluding hydrogens is 330 g/mol. The van der Waals surface area contributed by atoms with Crippen LogP contribution >= 0.6 is 27.5 Å². The number of benzene rings is 1. The fourth-order valence-corrected chi connectivity index (χ4v) is 2.16. The van der Waals surface area contributed by atoms with Gasteiger partial charge in [0.2, 0.25) is 0 Å². The highest BCUT2D eigenvalue weighted by Gasteiger charge is 2.05. The summed E-state index contributed by atoms with van der Waals surface area (Å²) in [5, 5.41) is 5.89. The van der Waals surface area contributed by atoms with Crippen LogP contribution in [0.15, 0.2) is 47.2 Å². The largest absolute Gasteiger partial charge is 0.334 e. The van der Waals surface area contributed by atoms with Gasteiger partial charge in [0.25, 0.3) is 0 Å². The lowest BCUT2D eigenvalue weighted by atomic mass is 10.3. The molecule has 19 heavy (non-hydrogen) atoms. The molecule has 0 fully saturated rings. The first-order valence-electron chi connectivity index (χ1n) is 5.54. The van der Waals surface area contributed by atoms with Gasteiger partial charge in [0.05, 0.1) is 10.7 Å². The van der Waals surface area contributed by atoms with Gasteiger partial charge in [-0.15, -0.1) is 0 Å². The highest BCUT2D eigenvalue weighted by Crippen LogP contribution is 2.25. The number of anilines is 1. The smallest absolute Gasteiger partial charge is 0.319 e. The molecule has 2 aromatic rings. The SMILES string of the molecule is O=C(NCc1cccnc1)Nc1ccc(Br)cc1Cl. The van der Waals surface area contributed by atoms with Gasteiger partial charge in [0.15, 0.2) is 0 Å². The number of urea groups is 1. The average molecular weight is 341 g/mol. The number of hydrogen-bond acceptors (Lipinski definition) is 2. The minimum Gasteiger partial charge on any atom is -0.334 e. The number of nitrogens with one attached hydrogen (secondary N) is 2. The summed E-state index contributed by atoms with van der Waals surface area (Å²) in [7, 11) is 0. The van der Waals surface area contributed by atoms with Gasteiger partial charge in [0, 0.05) is 23.4 Å². The van der Waals surface area contributed by atoms with Gasteiger partial charge in [-0.2, -0.15) is 0 Å². The Hall–Kier alpha value is -1.59. The van der Waals surface area contributed by atoms with Gasteiger partial charge in [-0.3, -0.25) is 4.98 Å². The van der Waals surface area contributed by atoms with Crippen molar-refractivity contribution >= 4 is 39.2 Å². The summed E-state index contributed by atoms with van der Waals surface area (Å²) in [5.41, 5.74) is 1.49. The zero-order valence-corrected chi connectivity index (χ0v) is 12.2. The van der Waals surface area contributed by atoms with Crippen LogP contribution in [0.3, 0.4) is 0 Å². The molecule has 0 unspecified atom stereocenters. The third kappa shape index (κ3) is 4.22. The van der Waals surface area contributed by atoms with Crippen molar-refractivity contribution in [1.29, 1.82) is 0 Å². The number of amides is 2. The molecule has 2 amide bonds. The van der Waals surface area contributed by atoms with Gasteiger partial charge < -0.3 is 10.6 Å². The van der Waals surface area contributed by atoms with Gasteiger partial charge in [-0.1, -0.05) is 33.6 Å². The van der Waals surface area contributed by atoms with Crippen molar-refractivity contribution in [3.8, 4) is 0 Å². The summed E-state index contributed by atoms with van der Waals surface area (Å²) >= 11 is 9.31. The van der Waals surface area contributed by atoms with Crippen LogP contribution in [0.4, 0.5) is 10.5 Å². The molecule has 0 radical (unpaired) electrons. The fourth-order valence-electron chi connectivity index (χ4n) is 1.44. The maximum absolute atomic E-state index is 11.7. The van der Waals surface area contributed by atoms with Crippen molar-refractivity contribution in [2.75, 3.05) is 5.32 Å². The van der Waals surface area contributed by atoms with Crippen molar-refractivity contribution in [2.24, 2.45) is 0 Å². The van der Waals surface area contributed by atoms with E-state index in [2.05, 4.69) is 31.5 Å². The Balaban J connectivity index is 1.91. The minimum atomic E-state index is -0.312. The molecule has 0 bridgehead atoms. The van der Waals surface area contributed by atoms with Crippen molar-refractivity contribution in [3.05, 3.63) is 57.8 Å². The molecule has 6 heteroatoms. The lowest BCUT2D eigenvalue weighted by Gasteiger charge is -2.09. The molecule has 1 heterocycles. The molecule has 1 aromatic carbocycles. The normalized spacial score (nSPS) is 10.0. The number of hydrogen-bond donors (Lipinski definition) is 2. The number of aromatic nitrogens is 1. The third-order valence-corrected chi connectivity index (χ3v) is 3.16. The molecule has 0 aliphatic heterocycles. The topological polar surface area (TPSA) is 54.0 Å². The maximum Gasteiger partial charge on any atom is 0.319 e. The monoisotopic (exact) mass is 339 g/mol. The molecular formula is C13H11BrClN3O. The number of carbonyl (C=O) groups excluding carboxylic acids is 1. The Labute approximate surface area is 124 Å². The summed E-state index contributed by atoms with van der Waals surface area (Å²) in [6.07, 6.45) is 3.39. The summed E-state index contributed by atoms with van der Waals surface area (Å²) in [6.45, 7) is 0.411. The number of halogens is 2. The highest BCUT2D eigenvalue weighted by atomic mass is 79.9. The number of carbonyl (C=O) groups is 1. The molecule has 0 aliphatic rings. The lowest BCUT2D eigenvalue weighted by Crippen LogP contribution is -2.28. The second kappa shape index (κ2) is 6.54. The molecule has 0 saturated carbocycles. The first-order chi connectivity index (χ1) is 9.15. The van der Waals surface area contributed by atoms with Crippen molar-refractivity contribution in [2.45, 2.75) is 6.54 Å². The maximum atomic E-state index is 11.7. The third-order valence-electron chi connectivity index (χ3n) is 2.36. The summed E-state index contributed by atoms with van der Waals surface area (Å²) < 4.78 is 0.860. The van der Waals surface area contributed by atoms with E-state index in [1.165, 1.54) is 0 Å². The van der Waals surface area contributed by atoms with Crippen molar-refractivity contribution < 1.29 is 4.79 Å². The van der Waals surface area contributed by atoms with Crippen molar-refractivity contribution in [1.82, 2.24) is 10.3 Å². The molecule has 1 aromatic heterocycles. The molecule has 98 valence electrons. The second-order valence-electron chi connectivity index (χ2n) is 3.79. The van der Waals surface area contributed by atoms with Gasteiger partial charge in [-0.05, 0) is 29.8 Å². The van der Waals surface area contributed by atoms with Crippen LogP contribution < -0.4 is 10.6 Å². The van der Waals surface area contributed by atoms with Crippen LogP contribution in [0, 0.1) is 0 Å². The first kappa shape index (κ1) is 13.8. The van der Waals surface area contributed by atoms with Crippen LogP contribution in [0.1, 0.15) is 5.56 Å². The minimum absolute atomic E-state index is 0.312. The molecule has 0 spiro atoms. The lowest BCUT2D eigenvalue weighted by molar-refractivity contribution is 0.251. The van der Waals surface area contributed by atoms with Gasteiger partial charge in [-0.25, -0.2) is 4.79 Å². The predicted octanol–water partition coefficient (Wildman–Crippen LogP) is 3.82. The molecule has 0 saturated heterocycles. The Morgan fingerprint density at radius 2 is 2.21 bits per heavy atom. The number of rotatable bonds is 3. The number of pyridine rings is 1. The standard InChI is InChI=1S/C13H11BrClN3O/c14-10-3-4-12(11(15)6-10)18-13(19)17-8-9-2-1-5-16-7-9/h1-7H,8H2,(H2,17,18,19). The van der Waals surface area contributed by atoms with Crippen LogP contribution in [0.25, 0.3) is 0 Å². The zero-order valence-electron chi connectivity index (χ0n) is 9.86. The Morgan fingerprint density at radius 3 is 2.89 bits per heavy atom. The van der Waals surface area contributed by atoms with E-state index < -0.39 is 0 Å². The Kier molecular flexibility index (Phi) is 4.76. The van der Waals surface area contributed by atoms with E-state index in [9.17, 15) is 4.79 Å². The van der Waals surface area contributed by atoms with Crippen LogP contribution in [-0.2, 0) is 6.54 Å². The van der Waals surface area contributed by atoms with Crippen LogP contribution in [-0.4, -0.2) is 11.0 Å². The van der Waals surface area contributed by atoms with E-state index in [1.54, 1.807) is 24.5 Å². The first-order valence-corrected chi connectivity index (χ1v) is 6.71. The van der Waals surface area contributed by atoms with Crippen molar-refractivity contribution in [3.63, 3.8) is 0 Å². The van der Waals surface area contributed by atoms with E-state index in [0.717, 1.165) is 10.0 Å². The quantitative estimate of drug-likeness (QED) is 0.892. The summed E-state index contributed by atoms with van der Waals surface area (Å²) in [4.78, 5) is 15.7. The summed E-state index contributed by atoms with van der Waals surface area (Å²) in [6, 6.07) is 8.66. The second-order valence-corrected chi connectivity index (χ2v) is 5.12. The average Bonchev–Trinajstić information content (AvgIpc) is 2.41. The van der Waals surface area contributed by atoms with Crippen LogP contribution in [0.5, 0.6) is 0 Å². The predicted molar refractivity (Wildman–Crippen MR) is 79.2 cm³/mol. The molecule has 2 N–H and O–H groups in total. The van der Waals surface area contributed by atoms with E-state index >= 15 is 0 Å². The number of nitrogens with zero attached hydrogens (tertiary/aromatic N) is 1. The van der Waals surface area contributed by atoms with E-state index in [-0.39, 0.29) is 6.03 Å². The highest BCUT2D eigenvalue weighted by molar-refractivity contribution is 9.10. The molecule has 4 nitrogen and oxygen atoms in total. The van der Waals surface area contributed by atoms with E-state index in [4.69, 9.17) is 11.6 Å². The molecule has 2 rings (SSSR count). The fraction of sp³-hybridized carbons (Fsp3) is 0.0769. The van der Waals surface area contributed by atoms with E-state index in [0.29, 0.717) is 17.3 Å². The van der Waals surface area contributed by atoms with Gasteiger partial charge >= 0.3 is 6.03 Å². The molecule has 0 aliphatic carbocycles.